The smallest absolute Gasteiger partial charge is 0.185 e. The highest BCUT2D eigenvalue weighted by atomic mass is 79.9. The molecule has 0 saturated carbocycles. The van der Waals surface area contributed by atoms with Crippen LogP contribution in [0.15, 0.2) is 65.5 Å². The molecule has 116 valence electrons. The highest BCUT2D eigenvalue weighted by Crippen LogP contribution is 2.18. The molecule has 0 aliphatic rings. The van der Waals surface area contributed by atoms with Crippen molar-refractivity contribution < 1.29 is 4.79 Å². The van der Waals surface area contributed by atoms with Gasteiger partial charge in [0, 0.05) is 30.2 Å². The van der Waals surface area contributed by atoms with Gasteiger partial charge >= 0.3 is 0 Å². The third-order valence-corrected chi connectivity index (χ3v) is 4.17. The average Bonchev–Trinajstić information content (AvgIpc) is 3.22. The van der Waals surface area contributed by atoms with Crippen LogP contribution in [-0.2, 0) is 6.54 Å². The van der Waals surface area contributed by atoms with Gasteiger partial charge in [0.25, 0.3) is 0 Å². The van der Waals surface area contributed by atoms with E-state index in [1.54, 1.807) is 18.3 Å². The Balaban J connectivity index is 1.85. The summed E-state index contributed by atoms with van der Waals surface area (Å²) in [4.78, 5) is 12.4. The number of hydrogen-bond acceptors (Lipinski definition) is 2. The summed E-state index contributed by atoms with van der Waals surface area (Å²) >= 11 is 3.45. The fourth-order valence-corrected chi connectivity index (χ4v) is 2.80. The molecular weight excluding hydrogens is 354 g/mol. The van der Waals surface area contributed by atoms with Crippen molar-refractivity contribution in [3.05, 3.63) is 76.8 Å². The van der Waals surface area contributed by atoms with Crippen molar-refractivity contribution in [3.63, 3.8) is 0 Å². The fourth-order valence-electron chi connectivity index (χ4n) is 2.37. The lowest BCUT2D eigenvalue weighted by Crippen LogP contribution is -2.00. The fraction of sp³-hybridized carbons (Fsp3) is 0.111. The number of nitrogens with zero attached hydrogens (tertiary/aromatic N) is 3. The molecule has 2 aromatic heterocycles. The molecule has 4 nitrogen and oxygen atoms in total. The first kappa shape index (κ1) is 15.5. The van der Waals surface area contributed by atoms with Crippen LogP contribution in [-0.4, -0.2) is 20.1 Å². The van der Waals surface area contributed by atoms with Gasteiger partial charge in [-0.2, -0.15) is 5.10 Å². The van der Waals surface area contributed by atoms with Crippen LogP contribution >= 0.6 is 15.9 Å². The lowest BCUT2D eigenvalue weighted by Gasteiger charge is -2.04. The SMILES string of the molecule is CCn1ncc(Br)c1/C=C/C(=O)c1cccc(-n2cccc2)c1. The van der Waals surface area contributed by atoms with Crippen LogP contribution in [0.2, 0.25) is 0 Å². The van der Waals surface area contributed by atoms with E-state index in [-0.39, 0.29) is 5.78 Å². The molecule has 1 aromatic carbocycles. The summed E-state index contributed by atoms with van der Waals surface area (Å²) in [6, 6.07) is 11.5. The zero-order valence-electron chi connectivity index (χ0n) is 12.7. The summed E-state index contributed by atoms with van der Waals surface area (Å²) in [7, 11) is 0. The molecule has 0 N–H and O–H groups in total. The second-order valence-electron chi connectivity index (χ2n) is 5.03. The molecule has 0 radical (unpaired) electrons. The standard InChI is InChI=1S/C18H16BrN3O/c1-2-22-17(16(19)13-20-22)8-9-18(23)14-6-5-7-15(12-14)21-10-3-4-11-21/h3-13H,2H2,1H3/b9-8+. The van der Waals surface area contributed by atoms with Crippen molar-refractivity contribution in [2.45, 2.75) is 13.5 Å². The highest BCUT2D eigenvalue weighted by Gasteiger charge is 2.07. The summed E-state index contributed by atoms with van der Waals surface area (Å²) in [6.45, 7) is 2.77. The molecule has 0 aliphatic carbocycles. The molecule has 3 aromatic rings. The van der Waals surface area contributed by atoms with E-state index in [1.165, 1.54) is 0 Å². The number of hydrogen-bond donors (Lipinski definition) is 0. The summed E-state index contributed by atoms with van der Waals surface area (Å²) < 4.78 is 4.69. The first-order valence-electron chi connectivity index (χ1n) is 7.36. The summed E-state index contributed by atoms with van der Waals surface area (Å²) in [5.41, 5.74) is 2.52. The van der Waals surface area contributed by atoms with Crippen molar-refractivity contribution in [1.29, 1.82) is 0 Å². The van der Waals surface area contributed by atoms with Crippen LogP contribution in [0.5, 0.6) is 0 Å². The minimum atomic E-state index is -0.0326. The quantitative estimate of drug-likeness (QED) is 0.495. The molecule has 0 bridgehead atoms. The number of ketones is 1. The molecule has 0 unspecified atom stereocenters. The molecule has 0 fully saturated rings. The van der Waals surface area contributed by atoms with E-state index in [4.69, 9.17) is 0 Å². The highest BCUT2D eigenvalue weighted by molar-refractivity contribution is 9.10. The van der Waals surface area contributed by atoms with Crippen LogP contribution in [0.1, 0.15) is 23.0 Å². The number of aromatic nitrogens is 3. The van der Waals surface area contributed by atoms with Gasteiger partial charge in [0.15, 0.2) is 5.78 Å². The predicted molar refractivity (Wildman–Crippen MR) is 94.7 cm³/mol. The van der Waals surface area contributed by atoms with E-state index in [0.717, 1.165) is 22.4 Å². The van der Waals surface area contributed by atoms with Gasteiger partial charge in [0.2, 0.25) is 0 Å². The molecule has 0 atom stereocenters. The molecule has 0 aliphatic heterocycles. The maximum Gasteiger partial charge on any atom is 0.185 e. The molecule has 3 rings (SSSR count). The maximum absolute atomic E-state index is 12.4. The lowest BCUT2D eigenvalue weighted by atomic mass is 10.1. The van der Waals surface area contributed by atoms with Crippen molar-refractivity contribution in [2.24, 2.45) is 0 Å². The number of rotatable bonds is 5. The van der Waals surface area contributed by atoms with Crippen LogP contribution in [0.3, 0.4) is 0 Å². The van der Waals surface area contributed by atoms with Crippen molar-refractivity contribution in [2.75, 3.05) is 0 Å². The van der Waals surface area contributed by atoms with Gasteiger partial charge in [-0.3, -0.25) is 9.48 Å². The molecular formula is C18H16BrN3O. The molecule has 23 heavy (non-hydrogen) atoms. The second kappa shape index (κ2) is 6.79. The Bertz CT molecular complexity index is 847. The van der Waals surface area contributed by atoms with E-state index in [0.29, 0.717) is 5.56 Å². The first-order valence-corrected chi connectivity index (χ1v) is 8.15. The maximum atomic E-state index is 12.4. The van der Waals surface area contributed by atoms with Crippen LogP contribution in [0.4, 0.5) is 0 Å². The Kier molecular flexibility index (Phi) is 4.57. The van der Waals surface area contributed by atoms with Crippen molar-refractivity contribution >= 4 is 27.8 Å². The molecule has 5 heteroatoms. The second-order valence-corrected chi connectivity index (χ2v) is 5.89. The monoisotopic (exact) mass is 369 g/mol. The third kappa shape index (κ3) is 3.35. The topological polar surface area (TPSA) is 39.8 Å². The lowest BCUT2D eigenvalue weighted by molar-refractivity contribution is 0.104. The Morgan fingerprint density at radius 2 is 2.04 bits per heavy atom. The van der Waals surface area contributed by atoms with Crippen LogP contribution in [0.25, 0.3) is 11.8 Å². The summed E-state index contributed by atoms with van der Waals surface area (Å²) in [6.07, 6.45) is 9.03. The Morgan fingerprint density at radius 3 is 2.78 bits per heavy atom. The summed E-state index contributed by atoms with van der Waals surface area (Å²) in [5, 5.41) is 4.24. The Labute approximate surface area is 143 Å². The van der Waals surface area contributed by atoms with Crippen molar-refractivity contribution in [3.8, 4) is 5.69 Å². The van der Waals surface area contributed by atoms with Gasteiger partial charge in [-0.15, -0.1) is 0 Å². The number of aryl methyl sites for hydroxylation is 1. The number of benzene rings is 1. The number of halogens is 1. The van der Waals surface area contributed by atoms with E-state index in [1.807, 2.05) is 65.0 Å². The predicted octanol–water partition coefficient (Wildman–Crippen LogP) is 4.35. The van der Waals surface area contributed by atoms with E-state index >= 15 is 0 Å². The minimum absolute atomic E-state index is 0.0326. The first-order chi connectivity index (χ1) is 11.2. The third-order valence-electron chi connectivity index (χ3n) is 3.56. The largest absolute Gasteiger partial charge is 0.324 e. The number of allylic oxidation sites excluding steroid dienone is 1. The van der Waals surface area contributed by atoms with Gasteiger partial charge in [0.1, 0.15) is 0 Å². The molecule has 0 spiro atoms. The summed E-state index contributed by atoms with van der Waals surface area (Å²) in [5.74, 6) is -0.0326. The van der Waals surface area contributed by atoms with Gasteiger partial charge in [-0.25, -0.2) is 0 Å². The van der Waals surface area contributed by atoms with Crippen molar-refractivity contribution in [1.82, 2.24) is 14.3 Å². The zero-order chi connectivity index (χ0) is 16.2. The molecule has 0 saturated heterocycles. The zero-order valence-corrected chi connectivity index (χ0v) is 14.3. The van der Waals surface area contributed by atoms with E-state index < -0.39 is 0 Å². The Morgan fingerprint density at radius 1 is 1.26 bits per heavy atom. The van der Waals surface area contributed by atoms with Crippen LogP contribution in [0, 0.1) is 0 Å². The van der Waals surface area contributed by atoms with E-state index in [9.17, 15) is 4.79 Å². The van der Waals surface area contributed by atoms with Gasteiger partial charge in [-0.05, 0) is 59.3 Å². The average molecular weight is 370 g/mol. The number of carbonyl (C=O) groups excluding carboxylic acids is 1. The van der Waals surface area contributed by atoms with Gasteiger partial charge in [0.05, 0.1) is 16.4 Å². The van der Waals surface area contributed by atoms with Gasteiger partial charge < -0.3 is 4.57 Å². The normalized spacial score (nSPS) is 11.2. The molecule has 2 heterocycles. The van der Waals surface area contributed by atoms with E-state index in [2.05, 4.69) is 21.0 Å². The molecule has 0 amide bonds. The minimum Gasteiger partial charge on any atom is -0.324 e. The van der Waals surface area contributed by atoms with Gasteiger partial charge in [-0.1, -0.05) is 12.1 Å². The number of carbonyl (C=O) groups is 1. The van der Waals surface area contributed by atoms with Crippen LogP contribution < -0.4 is 0 Å². The Hall–Kier alpha value is -2.40.